The molecule has 2 rings (SSSR count). The van der Waals surface area contributed by atoms with E-state index in [0.717, 1.165) is 32.6 Å². The van der Waals surface area contributed by atoms with Gasteiger partial charge in [-0.15, -0.1) is 0 Å². The van der Waals surface area contributed by atoms with Gasteiger partial charge in [-0.05, 0) is 58.0 Å². The van der Waals surface area contributed by atoms with E-state index in [2.05, 4.69) is 42.7 Å². The number of nitrogens with zero attached hydrogens (tertiary/aromatic N) is 2. The minimum absolute atomic E-state index is 0.546. The number of benzene rings is 1. The molecule has 1 aromatic rings. The van der Waals surface area contributed by atoms with Crippen molar-refractivity contribution in [3.8, 4) is 0 Å². The summed E-state index contributed by atoms with van der Waals surface area (Å²) in [7, 11) is 4.05. The molecule has 1 aromatic carbocycles. The number of β-amino-alcohol motifs (C(OH)–C–C–N with tert-alkyl or cyclic N) is 1. The molecule has 0 aromatic heterocycles. The Morgan fingerprint density at radius 2 is 1.80 bits per heavy atom. The maximum atomic E-state index is 10.6. The van der Waals surface area contributed by atoms with Gasteiger partial charge in [0.15, 0.2) is 0 Å². The molecule has 3 nitrogen and oxygen atoms in total. The third-order valence-corrected chi connectivity index (χ3v) is 4.24. The molecule has 0 amide bonds. The van der Waals surface area contributed by atoms with Crippen molar-refractivity contribution < 1.29 is 5.11 Å². The van der Waals surface area contributed by atoms with Gasteiger partial charge in [-0.3, -0.25) is 4.90 Å². The first-order valence-corrected chi connectivity index (χ1v) is 7.45. The summed E-state index contributed by atoms with van der Waals surface area (Å²) in [5, 5.41) is 10.6. The quantitative estimate of drug-likeness (QED) is 0.912. The summed E-state index contributed by atoms with van der Waals surface area (Å²) in [6.07, 6.45) is 0.870. The summed E-state index contributed by atoms with van der Waals surface area (Å²) >= 11 is 0. The molecular formula is C17H28N2O. The lowest BCUT2D eigenvalue weighted by atomic mass is 9.99. The van der Waals surface area contributed by atoms with E-state index >= 15 is 0 Å². The van der Waals surface area contributed by atoms with E-state index in [1.165, 1.54) is 22.3 Å². The number of likely N-dealkylation sites (tertiary alicyclic amines) is 1. The van der Waals surface area contributed by atoms with Crippen LogP contribution in [0.2, 0.25) is 0 Å². The summed E-state index contributed by atoms with van der Waals surface area (Å²) in [6.45, 7) is 9.99. The minimum atomic E-state index is -0.546. The SMILES string of the molecule is Cc1cc(C)c(CN2CC[C@@](O)(CN(C)C)C2)c(C)c1. The van der Waals surface area contributed by atoms with E-state index in [1.807, 2.05) is 14.1 Å². The van der Waals surface area contributed by atoms with Gasteiger partial charge < -0.3 is 10.0 Å². The van der Waals surface area contributed by atoms with Crippen LogP contribution in [0.3, 0.4) is 0 Å². The van der Waals surface area contributed by atoms with Crippen molar-refractivity contribution in [3.63, 3.8) is 0 Å². The fourth-order valence-electron chi connectivity index (χ4n) is 3.48. The number of aryl methyl sites for hydroxylation is 3. The number of rotatable bonds is 4. The van der Waals surface area contributed by atoms with Crippen molar-refractivity contribution in [3.05, 3.63) is 34.4 Å². The molecule has 1 heterocycles. The Morgan fingerprint density at radius 3 is 2.35 bits per heavy atom. The molecule has 1 fully saturated rings. The van der Waals surface area contributed by atoms with Gasteiger partial charge in [0.05, 0.1) is 5.60 Å². The van der Waals surface area contributed by atoms with Crippen LogP contribution in [0.5, 0.6) is 0 Å². The van der Waals surface area contributed by atoms with Crippen LogP contribution in [0.4, 0.5) is 0 Å². The largest absolute Gasteiger partial charge is 0.387 e. The predicted octanol–water partition coefficient (Wildman–Crippen LogP) is 2.11. The second kappa shape index (κ2) is 5.84. The Bertz CT molecular complexity index is 461. The van der Waals surface area contributed by atoms with Gasteiger partial charge in [0.1, 0.15) is 0 Å². The molecule has 20 heavy (non-hydrogen) atoms. The molecule has 0 unspecified atom stereocenters. The maximum Gasteiger partial charge on any atom is 0.0912 e. The maximum absolute atomic E-state index is 10.6. The Morgan fingerprint density at radius 1 is 1.20 bits per heavy atom. The van der Waals surface area contributed by atoms with Crippen molar-refractivity contribution in [2.45, 2.75) is 39.3 Å². The summed E-state index contributed by atoms with van der Waals surface area (Å²) in [5.74, 6) is 0. The van der Waals surface area contributed by atoms with E-state index in [9.17, 15) is 5.11 Å². The minimum Gasteiger partial charge on any atom is -0.387 e. The average Bonchev–Trinajstić information content (AvgIpc) is 2.64. The smallest absolute Gasteiger partial charge is 0.0912 e. The Labute approximate surface area is 123 Å². The zero-order valence-electron chi connectivity index (χ0n) is 13.5. The van der Waals surface area contributed by atoms with Gasteiger partial charge in [-0.2, -0.15) is 0 Å². The van der Waals surface area contributed by atoms with Crippen LogP contribution in [-0.2, 0) is 6.54 Å². The lowest BCUT2D eigenvalue weighted by Crippen LogP contribution is -2.42. The van der Waals surface area contributed by atoms with Gasteiger partial charge >= 0.3 is 0 Å². The van der Waals surface area contributed by atoms with Gasteiger partial charge in [0, 0.05) is 26.2 Å². The van der Waals surface area contributed by atoms with E-state index in [-0.39, 0.29) is 0 Å². The highest BCUT2D eigenvalue weighted by Crippen LogP contribution is 2.26. The standard InChI is InChI=1S/C17H28N2O/c1-13-8-14(2)16(15(3)9-13)10-19-7-6-17(20,12-19)11-18(4)5/h8-9,20H,6-7,10-12H2,1-5H3/t17-/m1/s1. The monoisotopic (exact) mass is 276 g/mol. The van der Waals surface area contributed by atoms with Crippen molar-refractivity contribution >= 4 is 0 Å². The molecule has 0 radical (unpaired) electrons. The fourth-order valence-corrected chi connectivity index (χ4v) is 3.48. The first-order chi connectivity index (χ1) is 9.29. The highest BCUT2D eigenvalue weighted by molar-refractivity contribution is 5.37. The summed E-state index contributed by atoms with van der Waals surface area (Å²) in [4.78, 5) is 4.46. The lowest BCUT2D eigenvalue weighted by Gasteiger charge is -2.27. The Kier molecular flexibility index (Phi) is 4.52. The summed E-state index contributed by atoms with van der Waals surface area (Å²) in [5.41, 5.74) is 4.94. The van der Waals surface area contributed by atoms with Crippen molar-refractivity contribution in [2.75, 3.05) is 33.7 Å². The molecule has 3 heteroatoms. The number of hydrogen-bond donors (Lipinski definition) is 1. The lowest BCUT2D eigenvalue weighted by molar-refractivity contribution is 0.0240. The van der Waals surface area contributed by atoms with Crippen LogP contribution < -0.4 is 0 Å². The van der Waals surface area contributed by atoms with Crippen LogP contribution in [-0.4, -0.2) is 54.2 Å². The first-order valence-electron chi connectivity index (χ1n) is 7.45. The van der Waals surface area contributed by atoms with Crippen molar-refractivity contribution in [1.29, 1.82) is 0 Å². The van der Waals surface area contributed by atoms with E-state index in [0.29, 0.717) is 0 Å². The molecule has 0 aliphatic carbocycles. The molecule has 1 aliphatic heterocycles. The second-order valence-corrected chi connectivity index (χ2v) is 6.80. The molecule has 0 spiro atoms. The number of likely N-dealkylation sites (N-methyl/N-ethyl adjacent to an activating group) is 1. The van der Waals surface area contributed by atoms with Gasteiger partial charge in [-0.25, -0.2) is 0 Å². The van der Waals surface area contributed by atoms with Gasteiger partial charge in [0.2, 0.25) is 0 Å². The Balaban J connectivity index is 2.06. The summed E-state index contributed by atoms with van der Waals surface area (Å²) < 4.78 is 0. The third-order valence-electron chi connectivity index (χ3n) is 4.24. The average molecular weight is 276 g/mol. The highest BCUT2D eigenvalue weighted by atomic mass is 16.3. The first kappa shape index (κ1) is 15.5. The normalized spacial score (nSPS) is 23.8. The van der Waals surface area contributed by atoms with E-state index in [4.69, 9.17) is 0 Å². The van der Waals surface area contributed by atoms with Crippen LogP contribution in [0, 0.1) is 20.8 Å². The topological polar surface area (TPSA) is 26.7 Å². The molecule has 112 valence electrons. The molecule has 1 saturated heterocycles. The molecule has 1 atom stereocenters. The van der Waals surface area contributed by atoms with Crippen LogP contribution >= 0.6 is 0 Å². The highest BCUT2D eigenvalue weighted by Gasteiger charge is 2.36. The third kappa shape index (κ3) is 3.60. The Hall–Kier alpha value is -0.900. The van der Waals surface area contributed by atoms with Crippen molar-refractivity contribution in [2.24, 2.45) is 0 Å². The van der Waals surface area contributed by atoms with Crippen LogP contribution in [0.25, 0.3) is 0 Å². The second-order valence-electron chi connectivity index (χ2n) is 6.80. The van der Waals surface area contributed by atoms with Crippen LogP contribution in [0.15, 0.2) is 12.1 Å². The van der Waals surface area contributed by atoms with E-state index < -0.39 is 5.60 Å². The van der Waals surface area contributed by atoms with Gasteiger partial charge in [-0.1, -0.05) is 17.7 Å². The zero-order chi connectivity index (χ0) is 14.9. The summed E-state index contributed by atoms with van der Waals surface area (Å²) in [6, 6.07) is 4.51. The van der Waals surface area contributed by atoms with Crippen molar-refractivity contribution in [1.82, 2.24) is 9.80 Å². The molecule has 1 N–H and O–H groups in total. The number of hydrogen-bond acceptors (Lipinski definition) is 3. The van der Waals surface area contributed by atoms with E-state index in [1.54, 1.807) is 0 Å². The molecular weight excluding hydrogens is 248 g/mol. The molecule has 0 bridgehead atoms. The molecule has 1 aliphatic rings. The van der Waals surface area contributed by atoms with Gasteiger partial charge in [0.25, 0.3) is 0 Å². The zero-order valence-corrected chi connectivity index (χ0v) is 13.5. The predicted molar refractivity (Wildman–Crippen MR) is 84.1 cm³/mol. The fraction of sp³-hybridized carbons (Fsp3) is 0.647. The molecule has 0 saturated carbocycles. The number of aliphatic hydroxyl groups is 1. The van der Waals surface area contributed by atoms with Crippen LogP contribution in [0.1, 0.15) is 28.7 Å².